The number of phenolic OH excluding ortho intramolecular Hbond substituents is 1. The normalized spacial score (nSPS) is 11.0. The molecule has 8 heteroatoms. The van der Waals surface area contributed by atoms with Gasteiger partial charge in [0, 0.05) is 10.0 Å². The van der Waals surface area contributed by atoms with Crippen LogP contribution in [0.2, 0.25) is 0 Å². The molecule has 2 aromatic carbocycles. The second-order valence-electron chi connectivity index (χ2n) is 5.65. The summed E-state index contributed by atoms with van der Waals surface area (Å²) in [5, 5.41) is 13.8. The first-order chi connectivity index (χ1) is 12.2. The fourth-order valence-corrected chi connectivity index (χ4v) is 4.52. The molecule has 0 radical (unpaired) electrons. The highest BCUT2D eigenvalue weighted by molar-refractivity contribution is 9.11. The monoisotopic (exact) mass is 546 g/mol. The maximum atomic E-state index is 12.0. The summed E-state index contributed by atoms with van der Waals surface area (Å²) in [5.74, 6) is 0.386. The van der Waals surface area contributed by atoms with E-state index in [0.29, 0.717) is 24.7 Å². The number of hydrogen-bond acceptors (Lipinski definition) is 4. The third kappa shape index (κ3) is 4.86. The van der Waals surface area contributed by atoms with Crippen LogP contribution in [0.25, 0.3) is 0 Å². The number of nitrogens with one attached hydrogen (secondary N) is 1. The lowest BCUT2D eigenvalue weighted by Crippen LogP contribution is -2.25. The number of benzene rings is 2. The Morgan fingerprint density at radius 2 is 1.85 bits per heavy atom. The summed E-state index contributed by atoms with van der Waals surface area (Å²) < 4.78 is 7.34. The van der Waals surface area contributed by atoms with Crippen LogP contribution in [-0.2, 0) is 4.79 Å². The number of amides is 1. The lowest BCUT2D eigenvalue weighted by atomic mass is 10.1. The van der Waals surface area contributed by atoms with Crippen molar-refractivity contribution in [1.82, 2.24) is 5.43 Å². The zero-order valence-corrected chi connectivity index (χ0v) is 19.1. The minimum Gasteiger partial charge on any atom is -0.506 e. The molecule has 26 heavy (non-hydrogen) atoms. The van der Waals surface area contributed by atoms with Crippen LogP contribution in [0.3, 0.4) is 0 Å². The molecular weight excluding hydrogens is 532 g/mol. The van der Waals surface area contributed by atoms with Gasteiger partial charge >= 0.3 is 0 Å². The van der Waals surface area contributed by atoms with Gasteiger partial charge in [-0.05, 0) is 75.4 Å². The van der Waals surface area contributed by atoms with Gasteiger partial charge in [-0.3, -0.25) is 4.79 Å². The van der Waals surface area contributed by atoms with Crippen molar-refractivity contribution in [3.05, 3.63) is 53.9 Å². The molecule has 5 nitrogen and oxygen atoms in total. The molecule has 0 aliphatic heterocycles. The number of rotatable bonds is 5. The van der Waals surface area contributed by atoms with Crippen molar-refractivity contribution in [3.63, 3.8) is 0 Å². The Balaban J connectivity index is 2.01. The van der Waals surface area contributed by atoms with Crippen molar-refractivity contribution >= 4 is 59.9 Å². The summed E-state index contributed by atoms with van der Waals surface area (Å²) in [6, 6.07) is 5.67. The number of aryl methyl sites for hydroxylation is 2. The SMILES string of the molecule is Cc1ccc(C)c(OCC(=O)N/N=C/c2c(Br)cc(Br)c(O)c2Br)c1C. The predicted molar refractivity (Wildman–Crippen MR) is 113 cm³/mol. The van der Waals surface area contributed by atoms with Gasteiger partial charge in [-0.25, -0.2) is 5.43 Å². The number of halogens is 3. The first-order valence-corrected chi connectivity index (χ1v) is 9.98. The first kappa shape index (κ1) is 20.9. The third-order valence-electron chi connectivity index (χ3n) is 3.79. The highest BCUT2D eigenvalue weighted by atomic mass is 79.9. The molecule has 0 bridgehead atoms. The fourth-order valence-electron chi connectivity index (χ4n) is 2.20. The van der Waals surface area contributed by atoms with E-state index in [1.807, 2.05) is 32.9 Å². The van der Waals surface area contributed by atoms with Crippen molar-refractivity contribution in [2.75, 3.05) is 6.61 Å². The molecule has 0 atom stereocenters. The molecule has 0 aliphatic carbocycles. The molecule has 138 valence electrons. The largest absolute Gasteiger partial charge is 0.506 e. The second-order valence-corrected chi connectivity index (χ2v) is 8.15. The van der Waals surface area contributed by atoms with Crippen molar-refractivity contribution in [1.29, 1.82) is 0 Å². The summed E-state index contributed by atoms with van der Waals surface area (Å²) >= 11 is 9.92. The predicted octanol–water partition coefficient (Wildman–Crippen LogP) is 5.13. The topological polar surface area (TPSA) is 70.9 Å². The summed E-state index contributed by atoms with van der Waals surface area (Å²) in [6.45, 7) is 5.75. The Hall–Kier alpha value is -1.38. The van der Waals surface area contributed by atoms with Crippen molar-refractivity contribution < 1.29 is 14.6 Å². The Morgan fingerprint density at radius 1 is 1.19 bits per heavy atom. The number of carbonyl (C=O) groups is 1. The lowest BCUT2D eigenvalue weighted by molar-refractivity contribution is -0.123. The smallest absolute Gasteiger partial charge is 0.277 e. The number of carbonyl (C=O) groups excluding carboxylic acids is 1. The highest BCUT2D eigenvalue weighted by Gasteiger charge is 2.12. The third-order valence-corrected chi connectivity index (χ3v) is 5.85. The molecule has 0 fully saturated rings. The molecule has 2 aromatic rings. The number of ether oxygens (including phenoxy) is 1. The van der Waals surface area contributed by atoms with Crippen LogP contribution >= 0.6 is 47.8 Å². The van der Waals surface area contributed by atoms with Gasteiger partial charge in [0.15, 0.2) is 6.61 Å². The fraction of sp³-hybridized carbons (Fsp3) is 0.222. The van der Waals surface area contributed by atoms with E-state index in [-0.39, 0.29) is 18.3 Å². The average Bonchev–Trinajstić information content (AvgIpc) is 2.59. The van der Waals surface area contributed by atoms with Crippen LogP contribution < -0.4 is 10.2 Å². The number of hydrazone groups is 1. The zero-order chi connectivity index (χ0) is 19.4. The van der Waals surface area contributed by atoms with Crippen LogP contribution in [0.5, 0.6) is 11.5 Å². The standard InChI is InChI=1S/C18H17Br3N2O3/c1-9-4-5-10(2)18(11(9)3)26-8-15(24)23-22-7-12-13(19)6-14(20)17(25)16(12)21/h4-7,25H,8H2,1-3H3,(H,23,24)/b22-7+. The summed E-state index contributed by atoms with van der Waals surface area (Å²) in [7, 11) is 0. The quantitative estimate of drug-likeness (QED) is 0.402. The Morgan fingerprint density at radius 3 is 2.54 bits per heavy atom. The molecule has 1 amide bonds. The Bertz CT molecular complexity index is 883. The minimum atomic E-state index is -0.380. The van der Waals surface area contributed by atoms with Gasteiger partial charge in [0.25, 0.3) is 5.91 Å². The lowest BCUT2D eigenvalue weighted by Gasteiger charge is -2.13. The van der Waals surface area contributed by atoms with Gasteiger partial charge in [-0.2, -0.15) is 5.10 Å². The van der Waals surface area contributed by atoms with Gasteiger partial charge in [-0.1, -0.05) is 28.1 Å². The molecule has 0 spiro atoms. The van der Waals surface area contributed by atoms with Crippen LogP contribution in [0, 0.1) is 20.8 Å². The second kappa shape index (κ2) is 9.01. The van der Waals surface area contributed by atoms with Gasteiger partial charge in [-0.15, -0.1) is 0 Å². The van der Waals surface area contributed by atoms with Gasteiger partial charge < -0.3 is 9.84 Å². The molecule has 0 unspecified atom stereocenters. The summed E-state index contributed by atoms with van der Waals surface area (Å²) in [5.41, 5.74) is 6.10. The Labute approximate surface area is 177 Å². The van der Waals surface area contributed by atoms with E-state index in [2.05, 4.69) is 58.3 Å². The molecule has 0 heterocycles. The van der Waals surface area contributed by atoms with E-state index in [1.54, 1.807) is 6.07 Å². The molecule has 0 aromatic heterocycles. The van der Waals surface area contributed by atoms with Crippen LogP contribution in [-0.4, -0.2) is 23.8 Å². The first-order valence-electron chi connectivity index (χ1n) is 7.60. The van der Waals surface area contributed by atoms with Crippen molar-refractivity contribution in [2.24, 2.45) is 5.10 Å². The average molecular weight is 549 g/mol. The van der Waals surface area contributed by atoms with E-state index < -0.39 is 0 Å². The number of hydrogen-bond donors (Lipinski definition) is 2. The summed E-state index contributed by atoms with van der Waals surface area (Å²) in [4.78, 5) is 12.0. The maximum Gasteiger partial charge on any atom is 0.277 e. The Kier molecular flexibility index (Phi) is 7.25. The van der Waals surface area contributed by atoms with Gasteiger partial charge in [0.1, 0.15) is 11.5 Å². The molecule has 2 rings (SSSR count). The van der Waals surface area contributed by atoms with Gasteiger partial charge in [0.05, 0.1) is 15.2 Å². The van der Waals surface area contributed by atoms with E-state index in [0.717, 1.165) is 16.7 Å². The number of phenols is 1. The van der Waals surface area contributed by atoms with E-state index in [9.17, 15) is 9.90 Å². The zero-order valence-electron chi connectivity index (χ0n) is 14.4. The number of nitrogens with zero attached hydrogens (tertiary/aromatic N) is 1. The van der Waals surface area contributed by atoms with Crippen LogP contribution in [0.1, 0.15) is 22.3 Å². The molecular formula is C18H17Br3N2O3. The van der Waals surface area contributed by atoms with Crippen molar-refractivity contribution in [2.45, 2.75) is 20.8 Å². The van der Waals surface area contributed by atoms with Crippen LogP contribution in [0.15, 0.2) is 36.7 Å². The van der Waals surface area contributed by atoms with E-state index >= 15 is 0 Å². The molecule has 2 N–H and O–H groups in total. The van der Waals surface area contributed by atoms with Crippen molar-refractivity contribution in [3.8, 4) is 11.5 Å². The minimum absolute atomic E-state index is 0.0507. The highest BCUT2D eigenvalue weighted by Crippen LogP contribution is 2.38. The van der Waals surface area contributed by atoms with Gasteiger partial charge in [0.2, 0.25) is 0 Å². The van der Waals surface area contributed by atoms with E-state index in [1.165, 1.54) is 6.21 Å². The molecule has 0 saturated heterocycles. The van der Waals surface area contributed by atoms with E-state index in [4.69, 9.17) is 4.74 Å². The number of aromatic hydroxyl groups is 1. The maximum absolute atomic E-state index is 12.0. The molecule has 0 aliphatic rings. The molecule has 0 saturated carbocycles. The summed E-state index contributed by atoms with van der Waals surface area (Å²) in [6.07, 6.45) is 1.43. The van der Waals surface area contributed by atoms with Crippen LogP contribution in [0.4, 0.5) is 0 Å².